The maximum Gasteiger partial charge on any atom is 0.306 e. The molecule has 0 aliphatic carbocycles. The Balaban J connectivity index is 3.93. The molecule has 0 N–H and O–H groups in total. The van der Waals surface area contributed by atoms with Crippen LogP contribution >= 0.6 is 0 Å². The zero-order chi connectivity index (χ0) is 50.7. The van der Waals surface area contributed by atoms with Crippen molar-refractivity contribution in [2.75, 3.05) is 13.2 Å². The van der Waals surface area contributed by atoms with Gasteiger partial charge in [-0.1, -0.05) is 295 Å². The predicted octanol–water partition coefficient (Wildman–Crippen LogP) is 21.1. The summed E-state index contributed by atoms with van der Waals surface area (Å²) in [4.78, 5) is 37.9. The molecule has 0 heterocycles. The highest BCUT2D eigenvalue weighted by atomic mass is 16.6. The third kappa shape index (κ3) is 56.8. The maximum atomic E-state index is 12.8. The summed E-state index contributed by atoms with van der Waals surface area (Å²) < 4.78 is 16.8. The third-order valence-corrected chi connectivity index (χ3v) is 14.1. The van der Waals surface area contributed by atoms with Gasteiger partial charge in [-0.2, -0.15) is 0 Å². The van der Waals surface area contributed by atoms with Crippen LogP contribution in [0.25, 0.3) is 0 Å². The second kappa shape index (κ2) is 59.5. The summed E-state index contributed by atoms with van der Waals surface area (Å²) in [5, 5.41) is 0. The molecule has 0 aromatic heterocycles. The van der Waals surface area contributed by atoms with Crippen LogP contribution in [0.15, 0.2) is 24.3 Å². The number of hydrogen-bond donors (Lipinski definition) is 0. The molecule has 0 aliphatic heterocycles. The van der Waals surface area contributed by atoms with E-state index in [1.165, 1.54) is 218 Å². The molecule has 0 aromatic rings. The summed E-state index contributed by atoms with van der Waals surface area (Å²) >= 11 is 0. The van der Waals surface area contributed by atoms with Gasteiger partial charge in [0.05, 0.1) is 0 Å². The van der Waals surface area contributed by atoms with Gasteiger partial charge in [0.25, 0.3) is 0 Å². The van der Waals surface area contributed by atoms with Crippen LogP contribution in [0.5, 0.6) is 0 Å². The minimum absolute atomic E-state index is 0.0737. The van der Waals surface area contributed by atoms with Crippen molar-refractivity contribution in [3.8, 4) is 0 Å². The van der Waals surface area contributed by atoms with Crippen molar-refractivity contribution in [2.45, 2.75) is 354 Å². The Bertz CT molecular complexity index is 1130. The Kier molecular flexibility index (Phi) is 57.7. The first kappa shape index (κ1) is 67.9. The highest BCUT2D eigenvalue weighted by Gasteiger charge is 2.19. The third-order valence-electron chi connectivity index (χ3n) is 14.1. The molecule has 0 bridgehead atoms. The van der Waals surface area contributed by atoms with Gasteiger partial charge in [-0.3, -0.25) is 14.4 Å². The second-order valence-electron chi connectivity index (χ2n) is 21.3. The molecule has 412 valence electrons. The molecule has 6 nitrogen and oxygen atoms in total. The largest absolute Gasteiger partial charge is 0.462 e. The lowest BCUT2D eigenvalue weighted by Gasteiger charge is -2.18. The molecular formula is C64H120O6. The van der Waals surface area contributed by atoms with Crippen LogP contribution in [0.1, 0.15) is 348 Å². The van der Waals surface area contributed by atoms with E-state index in [9.17, 15) is 14.4 Å². The molecule has 0 saturated carbocycles. The Morgan fingerprint density at radius 3 is 0.771 bits per heavy atom. The van der Waals surface area contributed by atoms with E-state index in [1.54, 1.807) is 0 Å². The quantitative estimate of drug-likeness (QED) is 0.0261. The van der Waals surface area contributed by atoms with Crippen LogP contribution in [0.3, 0.4) is 0 Å². The van der Waals surface area contributed by atoms with Crippen LogP contribution in [0, 0.1) is 0 Å². The minimum Gasteiger partial charge on any atom is -0.462 e. The van der Waals surface area contributed by atoms with Crippen LogP contribution in [-0.2, 0) is 28.6 Å². The molecule has 1 atom stereocenters. The van der Waals surface area contributed by atoms with Gasteiger partial charge in [0.1, 0.15) is 13.2 Å². The smallest absolute Gasteiger partial charge is 0.306 e. The van der Waals surface area contributed by atoms with Crippen molar-refractivity contribution in [2.24, 2.45) is 0 Å². The molecule has 70 heavy (non-hydrogen) atoms. The first-order valence-electron chi connectivity index (χ1n) is 31.3. The molecule has 6 heteroatoms. The van der Waals surface area contributed by atoms with Crippen LogP contribution in [0.2, 0.25) is 0 Å². The van der Waals surface area contributed by atoms with E-state index in [4.69, 9.17) is 14.2 Å². The second-order valence-corrected chi connectivity index (χ2v) is 21.3. The summed E-state index contributed by atoms with van der Waals surface area (Å²) in [6.45, 7) is 6.55. The number of allylic oxidation sites excluding steroid dienone is 4. The SMILES string of the molecule is CCC/C=C\CCCCCCCC(=O)OCC(COC(=O)CCCCCCCCCCCCCCCCCCCCCCCCCCCCCCCCCC)OC(=O)CCCCCCC/C=C\CCC. The Hall–Kier alpha value is -2.11. The number of ether oxygens (including phenoxy) is 3. The lowest BCUT2D eigenvalue weighted by molar-refractivity contribution is -0.167. The van der Waals surface area contributed by atoms with Crippen LogP contribution < -0.4 is 0 Å². The van der Waals surface area contributed by atoms with Gasteiger partial charge in [-0.05, 0) is 57.8 Å². The monoisotopic (exact) mass is 985 g/mol. The first-order valence-corrected chi connectivity index (χ1v) is 31.3. The van der Waals surface area contributed by atoms with E-state index in [0.717, 1.165) is 89.9 Å². The highest BCUT2D eigenvalue weighted by molar-refractivity contribution is 5.71. The molecule has 0 radical (unpaired) electrons. The average Bonchev–Trinajstić information content (AvgIpc) is 3.36. The van der Waals surface area contributed by atoms with Gasteiger partial charge >= 0.3 is 17.9 Å². The van der Waals surface area contributed by atoms with Gasteiger partial charge in [0.15, 0.2) is 6.10 Å². The predicted molar refractivity (Wildman–Crippen MR) is 303 cm³/mol. The summed E-state index contributed by atoms with van der Waals surface area (Å²) in [5.74, 6) is -0.880. The minimum atomic E-state index is -0.774. The number of unbranched alkanes of at least 4 members (excludes halogenated alkanes) is 43. The van der Waals surface area contributed by atoms with Crippen molar-refractivity contribution in [1.82, 2.24) is 0 Å². The van der Waals surface area contributed by atoms with E-state index in [-0.39, 0.29) is 31.1 Å². The Morgan fingerprint density at radius 2 is 0.500 bits per heavy atom. The van der Waals surface area contributed by atoms with Gasteiger partial charge in [-0.15, -0.1) is 0 Å². The molecular weight excluding hydrogens is 865 g/mol. The number of carbonyl (C=O) groups is 3. The number of esters is 3. The zero-order valence-electron chi connectivity index (χ0n) is 47.3. The maximum absolute atomic E-state index is 12.8. The molecule has 0 saturated heterocycles. The fourth-order valence-electron chi connectivity index (χ4n) is 9.45. The van der Waals surface area contributed by atoms with E-state index >= 15 is 0 Å². The van der Waals surface area contributed by atoms with E-state index < -0.39 is 6.10 Å². The van der Waals surface area contributed by atoms with Crippen molar-refractivity contribution < 1.29 is 28.6 Å². The topological polar surface area (TPSA) is 78.9 Å². The molecule has 0 spiro atoms. The Labute approximate surface area is 436 Å². The fraction of sp³-hybridized carbons (Fsp3) is 0.891. The van der Waals surface area contributed by atoms with E-state index in [0.29, 0.717) is 19.3 Å². The standard InChI is InChI=1S/C64H120O6/c1-4-7-10-13-16-19-22-23-24-25-26-27-28-29-30-31-32-33-34-35-36-37-38-39-40-41-42-43-46-48-51-54-57-63(66)69-60-61(70-64(67)58-55-52-49-45-21-18-15-12-9-6-3)59-68-62(65)56-53-50-47-44-20-17-14-11-8-5-2/h11-12,14-15,61H,4-10,13,16-60H2,1-3H3/b14-11-,15-12-. The molecule has 0 rings (SSSR count). The van der Waals surface area contributed by atoms with E-state index in [1.807, 2.05) is 0 Å². The van der Waals surface area contributed by atoms with Crippen molar-refractivity contribution in [1.29, 1.82) is 0 Å². The van der Waals surface area contributed by atoms with Gasteiger partial charge in [-0.25, -0.2) is 0 Å². The first-order chi connectivity index (χ1) is 34.5. The molecule has 0 amide bonds. The molecule has 0 aliphatic rings. The normalized spacial score (nSPS) is 12.1. The summed E-state index contributed by atoms with van der Waals surface area (Å²) in [6.07, 6.45) is 70.9. The average molecular weight is 986 g/mol. The molecule has 1 unspecified atom stereocenters. The van der Waals surface area contributed by atoms with Gasteiger partial charge in [0.2, 0.25) is 0 Å². The lowest BCUT2D eigenvalue weighted by Crippen LogP contribution is -2.30. The number of rotatable bonds is 58. The molecule has 0 fully saturated rings. The highest BCUT2D eigenvalue weighted by Crippen LogP contribution is 2.18. The Morgan fingerprint density at radius 1 is 0.271 bits per heavy atom. The summed E-state index contributed by atoms with van der Waals surface area (Å²) in [5.41, 5.74) is 0. The van der Waals surface area contributed by atoms with Gasteiger partial charge in [0, 0.05) is 19.3 Å². The van der Waals surface area contributed by atoms with Crippen molar-refractivity contribution in [3.05, 3.63) is 24.3 Å². The zero-order valence-corrected chi connectivity index (χ0v) is 47.3. The summed E-state index contributed by atoms with van der Waals surface area (Å²) in [7, 11) is 0. The van der Waals surface area contributed by atoms with Crippen LogP contribution in [0.4, 0.5) is 0 Å². The number of hydrogen-bond acceptors (Lipinski definition) is 6. The summed E-state index contributed by atoms with van der Waals surface area (Å²) in [6, 6.07) is 0. The van der Waals surface area contributed by atoms with Gasteiger partial charge < -0.3 is 14.2 Å². The lowest BCUT2D eigenvalue weighted by atomic mass is 10.0. The van der Waals surface area contributed by atoms with Crippen LogP contribution in [-0.4, -0.2) is 37.2 Å². The number of carbonyl (C=O) groups excluding carboxylic acids is 3. The van der Waals surface area contributed by atoms with Crippen molar-refractivity contribution >= 4 is 17.9 Å². The molecule has 0 aromatic carbocycles. The fourth-order valence-corrected chi connectivity index (χ4v) is 9.45. The van der Waals surface area contributed by atoms with Crippen molar-refractivity contribution in [3.63, 3.8) is 0 Å². The van der Waals surface area contributed by atoms with E-state index in [2.05, 4.69) is 45.1 Å².